The minimum atomic E-state index is 0.0723. The SMILES string of the molecule is CC(=O)N(C)CCc1ccc(Nc2ncc3nc(-c4ccncc4)n(C)c3n2)cc1. The van der Waals surface area contributed by atoms with E-state index in [1.807, 2.05) is 55.1 Å². The fourth-order valence-electron chi connectivity index (χ4n) is 3.14. The molecule has 4 aromatic rings. The number of carbonyl (C=O) groups excluding carboxylic acids is 1. The lowest BCUT2D eigenvalue weighted by Crippen LogP contribution is -2.26. The molecule has 0 saturated heterocycles. The Kier molecular flexibility index (Phi) is 5.38. The molecule has 3 heterocycles. The molecule has 1 amide bonds. The van der Waals surface area contributed by atoms with Crippen LogP contribution in [0, 0.1) is 0 Å². The number of nitrogens with one attached hydrogen (secondary N) is 1. The fourth-order valence-corrected chi connectivity index (χ4v) is 3.14. The molecular formula is C22H23N7O. The lowest BCUT2D eigenvalue weighted by atomic mass is 10.1. The second-order valence-corrected chi connectivity index (χ2v) is 7.15. The minimum Gasteiger partial charge on any atom is -0.346 e. The highest BCUT2D eigenvalue weighted by atomic mass is 16.2. The molecule has 4 rings (SSSR count). The molecule has 30 heavy (non-hydrogen) atoms. The summed E-state index contributed by atoms with van der Waals surface area (Å²) in [7, 11) is 3.75. The Hall–Kier alpha value is -3.81. The molecule has 0 aliphatic rings. The van der Waals surface area contributed by atoms with Crippen molar-refractivity contribution in [3.05, 3.63) is 60.6 Å². The Balaban J connectivity index is 1.50. The lowest BCUT2D eigenvalue weighted by molar-refractivity contribution is -0.127. The molecule has 0 atom stereocenters. The molecule has 1 aromatic carbocycles. The number of amides is 1. The van der Waals surface area contributed by atoms with Gasteiger partial charge in [-0.05, 0) is 36.2 Å². The van der Waals surface area contributed by atoms with Crippen molar-refractivity contribution in [3.63, 3.8) is 0 Å². The van der Waals surface area contributed by atoms with Gasteiger partial charge < -0.3 is 14.8 Å². The van der Waals surface area contributed by atoms with Gasteiger partial charge in [-0.2, -0.15) is 4.98 Å². The van der Waals surface area contributed by atoms with Gasteiger partial charge in [0.2, 0.25) is 11.9 Å². The van der Waals surface area contributed by atoms with Gasteiger partial charge in [0.05, 0.1) is 6.20 Å². The van der Waals surface area contributed by atoms with Crippen LogP contribution < -0.4 is 5.32 Å². The zero-order valence-electron chi connectivity index (χ0n) is 17.2. The van der Waals surface area contributed by atoms with Crippen molar-refractivity contribution in [2.24, 2.45) is 7.05 Å². The number of fused-ring (bicyclic) bond motifs is 1. The summed E-state index contributed by atoms with van der Waals surface area (Å²) in [4.78, 5) is 30.8. The Bertz CT molecular complexity index is 1170. The minimum absolute atomic E-state index is 0.0723. The van der Waals surface area contributed by atoms with Crippen LogP contribution in [0.5, 0.6) is 0 Å². The molecular weight excluding hydrogens is 378 g/mol. The molecule has 8 nitrogen and oxygen atoms in total. The highest BCUT2D eigenvalue weighted by Crippen LogP contribution is 2.23. The number of hydrogen-bond acceptors (Lipinski definition) is 6. The number of nitrogens with zero attached hydrogens (tertiary/aromatic N) is 6. The smallest absolute Gasteiger partial charge is 0.229 e. The number of aryl methyl sites for hydroxylation is 1. The summed E-state index contributed by atoms with van der Waals surface area (Å²) in [5.74, 6) is 1.40. The zero-order valence-corrected chi connectivity index (χ0v) is 17.2. The predicted molar refractivity (Wildman–Crippen MR) is 116 cm³/mol. The number of likely N-dealkylation sites (N-methyl/N-ethyl adjacent to an activating group) is 1. The summed E-state index contributed by atoms with van der Waals surface area (Å²) in [5.41, 5.74) is 4.53. The van der Waals surface area contributed by atoms with Gasteiger partial charge in [0.1, 0.15) is 11.3 Å². The Morgan fingerprint density at radius 3 is 2.53 bits per heavy atom. The second kappa shape index (κ2) is 8.28. The standard InChI is InChI=1S/C22H23N7O/c1-15(30)28(2)13-10-16-4-6-18(7-5-16)25-22-24-14-19-21(27-22)29(3)20(26-19)17-8-11-23-12-9-17/h4-9,11-12,14H,10,13H2,1-3H3,(H,24,25,27). The van der Waals surface area contributed by atoms with Crippen LogP contribution in [0.3, 0.4) is 0 Å². The molecule has 0 bridgehead atoms. The van der Waals surface area contributed by atoms with Crippen LogP contribution in [0.1, 0.15) is 12.5 Å². The molecule has 0 radical (unpaired) electrons. The van der Waals surface area contributed by atoms with E-state index in [0.717, 1.165) is 34.7 Å². The average molecular weight is 401 g/mol. The normalized spacial score (nSPS) is 10.9. The van der Waals surface area contributed by atoms with Crippen molar-refractivity contribution >= 4 is 28.7 Å². The van der Waals surface area contributed by atoms with Crippen molar-refractivity contribution < 1.29 is 4.79 Å². The second-order valence-electron chi connectivity index (χ2n) is 7.15. The van der Waals surface area contributed by atoms with Gasteiger partial charge in [-0.25, -0.2) is 9.97 Å². The van der Waals surface area contributed by atoms with Gasteiger partial charge >= 0.3 is 0 Å². The topological polar surface area (TPSA) is 88.8 Å². The molecule has 8 heteroatoms. The third kappa shape index (κ3) is 4.12. The van der Waals surface area contributed by atoms with Crippen LogP contribution in [0.2, 0.25) is 0 Å². The number of carbonyl (C=O) groups is 1. The molecule has 0 unspecified atom stereocenters. The van der Waals surface area contributed by atoms with Crippen LogP contribution in [-0.2, 0) is 18.3 Å². The highest BCUT2D eigenvalue weighted by Gasteiger charge is 2.12. The summed E-state index contributed by atoms with van der Waals surface area (Å²) in [5, 5.41) is 3.24. The molecule has 0 aliphatic carbocycles. The van der Waals surface area contributed by atoms with E-state index >= 15 is 0 Å². The molecule has 152 valence electrons. The van der Waals surface area contributed by atoms with Crippen LogP contribution in [0.25, 0.3) is 22.6 Å². The number of aromatic nitrogens is 5. The first-order chi connectivity index (χ1) is 14.5. The van der Waals surface area contributed by atoms with Crippen LogP contribution in [0.15, 0.2) is 55.0 Å². The van der Waals surface area contributed by atoms with Crippen molar-refractivity contribution in [1.29, 1.82) is 0 Å². The van der Waals surface area contributed by atoms with E-state index in [9.17, 15) is 4.79 Å². The Morgan fingerprint density at radius 1 is 1.10 bits per heavy atom. The van der Waals surface area contributed by atoms with E-state index in [-0.39, 0.29) is 5.91 Å². The number of imidazole rings is 1. The molecule has 0 aliphatic heterocycles. The van der Waals surface area contributed by atoms with Gasteiger partial charge in [-0.15, -0.1) is 0 Å². The summed E-state index contributed by atoms with van der Waals surface area (Å²) in [6.45, 7) is 2.27. The first-order valence-corrected chi connectivity index (χ1v) is 9.69. The molecule has 3 aromatic heterocycles. The number of pyridine rings is 1. The van der Waals surface area contributed by atoms with Crippen molar-refractivity contribution in [3.8, 4) is 11.4 Å². The van der Waals surface area contributed by atoms with E-state index in [1.165, 1.54) is 5.56 Å². The maximum Gasteiger partial charge on any atom is 0.229 e. The van der Waals surface area contributed by atoms with Gasteiger partial charge in [-0.1, -0.05) is 12.1 Å². The number of benzene rings is 1. The van der Waals surface area contributed by atoms with E-state index < -0.39 is 0 Å². The predicted octanol–water partition coefficient (Wildman–Crippen LogP) is 3.19. The third-order valence-electron chi connectivity index (χ3n) is 5.03. The molecule has 0 spiro atoms. The van der Waals surface area contributed by atoms with Crippen molar-refractivity contribution in [2.75, 3.05) is 18.9 Å². The summed E-state index contributed by atoms with van der Waals surface area (Å²) in [6.07, 6.45) is 6.03. The van der Waals surface area contributed by atoms with Crippen LogP contribution in [-0.4, -0.2) is 48.9 Å². The van der Waals surface area contributed by atoms with E-state index in [1.54, 1.807) is 30.4 Å². The number of rotatable bonds is 6. The lowest BCUT2D eigenvalue weighted by Gasteiger charge is -2.14. The van der Waals surface area contributed by atoms with E-state index in [0.29, 0.717) is 12.5 Å². The monoisotopic (exact) mass is 401 g/mol. The first kappa shape index (κ1) is 19.5. The van der Waals surface area contributed by atoms with Gasteiger partial charge in [-0.3, -0.25) is 9.78 Å². The van der Waals surface area contributed by atoms with Crippen molar-refractivity contribution in [2.45, 2.75) is 13.3 Å². The summed E-state index contributed by atoms with van der Waals surface area (Å²) in [6, 6.07) is 11.9. The number of hydrogen-bond donors (Lipinski definition) is 1. The Labute approximate surface area is 174 Å². The summed E-state index contributed by atoms with van der Waals surface area (Å²) >= 11 is 0. The molecule has 1 N–H and O–H groups in total. The van der Waals surface area contributed by atoms with Gasteiger partial charge in [0.25, 0.3) is 0 Å². The van der Waals surface area contributed by atoms with E-state index in [2.05, 4.69) is 25.3 Å². The highest BCUT2D eigenvalue weighted by molar-refractivity contribution is 5.77. The van der Waals surface area contributed by atoms with Gasteiger partial charge in [0, 0.05) is 51.2 Å². The quantitative estimate of drug-likeness (QED) is 0.534. The maximum atomic E-state index is 11.3. The summed E-state index contributed by atoms with van der Waals surface area (Å²) < 4.78 is 1.95. The zero-order chi connectivity index (χ0) is 21.1. The maximum absolute atomic E-state index is 11.3. The first-order valence-electron chi connectivity index (χ1n) is 9.69. The van der Waals surface area contributed by atoms with Crippen molar-refractivity contribution in [1.82, 2.24) is 29.4 Å². The van der Waals surface area contributed by atoms with Crippen LogP contribution >= 0.6 is 0 Å². The third-order valence-corrected chi connectivity index (χ3v) is 5.03. The van der Waals surface area contributed by atoms with E-state index in [4.69, 9.17) is 0 Å². The van der Waals surface area contributed by atoms with Crippen LogP contribution in [0.4, 0.5) is 11.6 Å². The molecule has 0 saturated carbocycles. The van der Waals surface area contributed by atoms with Gasteiger partial charge in [0.15, 0.2) is 5.65 Å². The molecule has 0 fully saturated rings. The average Bonchev–Trinajstić information content (AvgIpc) is 3.09. The number of anilines is 2. The fraction of sp³-hybridized carbons (Fsp3) is 0.227. The Morgan fingerprint density at radius 2 is 1.83 bits per heavy atom. The largest absolute Gasteiger partial charge is 0.346 e.